The lowest BCUT2D eigenvalue weighted by Gasteiger charge is -2.08. The average molecular weight is 244 g/mol. The van der Waals surface area contributed by atoms with E-state index in [9.17, 15) is 0 Å². The van der Waals surface area contributed by atoms with Crippen LogP contribution in [0.2, 0.25) is 0 Å². The van der Waals surface area contributed by atoms with Crippen molar-refractivity contribution < 1.29 is 4.74 Å². The van der Waals surface area contributed by atoms with Crippen LogP contribution < -0.4 is 10.5 Å². The Balaban J connectivity index is 1.88. The minimum Gasteiger partial charge on any atom is -0.491 e. The normalized spacial score (nSPS) is 10.7. The fraction of sp³-hybridized carbons (Fsp3) is 0.400. The molecule has 0 atom stereocenters. The molecule has 3 nitrogen and oxygen atoms in total. The van der Waals surface area contributed by atoms with Gasteiger partial charge in [0, 0.05) is 11.6 Å². The third-order valence-corrected chi connectivity index (χ3v) is 2.95. The fourth-order valence-electron chi connectivity index (χ4n) is 1.97. The number of benzene rings is 1. The number of fused-ring (bicyclic) bond motifs is 1. The topological polar surface area (TPSA) is 48.1 Å². The molecule has 0 unspecified atom stereocenters. The van der Waals surface area contributed by atoms with Gasteiger partial charge in [-0.1, -0.05) is 31.0 Å². The summed E-state index contributed by atoms with van der Waals surface area (Å²) in [6, 6.07) is 10.0. The summed E-state index contributed by atoms with van der Waals surface area (Å²) in [5.74, 6) is 0.881. The van der Waals surface area contributed by atoms with Crippen LogP contribution in [0.5, 0.6) is 5.75 Å². The van der Waals surface area contributed by atoms with E-state index in [2.05, 4.69) is 17.1 Å². The van der Waals surface area contributed by atoms with Crippen molar-refractivity contribution in [1.82, 2.24) is 4.98 Å². The van der Waals surface area contributed by atoms with Crippen molar-refractivity contribution >= 4 is 10.9 Å². The highest BCUT2D eigenvalue weighted by molar-refractivity contribution is 5.84. The number of pyridine rings is 1. The van der Waals surface area contributed by atoms with Gasteiger partial charge in [-0.05, 0) is 31.5 Å². The maximum Gasteiger partial charge on any atom is 0.145 e. The first-order chi connectivity index (χ1) is 8.92. The number of hydrogen-bond acceptors (Lipinski definition) is 3. The van der Waals surface area contributed by atoms with Gasteiger partial charge in [0.2, 0.25) is 0 Å². The van der Waals surface area contributed by atoms with Crippen molar-refractivity contribution in [2.45, 2.75) is 25.7 Å². The molecule has 0 fully saturated rings. The first-order valence-corrected chi connectivity index (χ1v) is 6.58. The summed E-state index contributed by atoms with van der Waals surface area (Å²) < 4.78 is 5.81. The van der Waals surface area contributed by atoms with Crippen molar-refractivity contribution in [2.24, 2.45) is 5.73 Å². The zero-order valence-corrected chi connectivity index (χ0v) is 10.6. The molecule has 0 saturated carbocycles. The molecule has 1 aromatic heterocycles. The second-order valence-corrected chi connectivity index (χ2v) is 4.38. The highest BCUT2D eigenvalue weighted by Gasteiger charge is 2.01. The predicted octanol–water partition coefficient (Wildman–Crippen LogP) is 3.13. The Kier molecular flexibility index (Phi) is 4.97. The molecule has 0 radical (unpaired) electrons. The quantitative estimate of drug-likeness (QED) is 0.761. The molecule has 0 amide bonds. The molecule has 2 N–H and O–H groups in total. The highest BCUT2D eigenvalue weighted by atomic mass is 16.5. The van der Waals surface area contributed by atoms with Gasteiger partial charge in [-0.2, -0.15) is 0 Å². The molecule has 18 heavy (non-hydrogen) atoms. The van der Waals surface area contributed by atoms with Crippen LogP contribution in [0.15, 0.2) is 36.5 Å². The van der Waals surface area contributed by atoms with Gasteiger partial charge in [0.25, 0.3) is 0 Å². The first kappa shape index (κ1) is 12.8. The van der Waals surface area contributed by atoms with Crippen LogP contribution in [0.3, 0.4) is 0 Å². The molecule has 0 saturated heterocycles. The third-order valence-electron chi connectivity index (χ3n) is 2.95. The van der Waals surface area contributed by atoms with Gasteiger partial charge in [0.15, 0.2) is 0 Å². The van der Waals surface area contributed by atoms with E-state index in [1.54, 1.807) is 6.20 Å². The largest absolute Gasteiger partial charge is 0.491 e. The van der Waals surface area contributed by atoms with Gasteiger partial charge >= 0.3 is 0 Å². The summed E-state index contributed by atoms with van der Waals surface area (Å²) >= 11 is 0. The van der Waals surface area contributed by atoms with Crippen LogP contribution in [0, 0.1) is 0 Å². The second-order valence-electron chi connectivity index (χ2n) is 4.38. The van der Waals surface area contributed by atoms with Crippen LogP contribution in [0.4, 0.5) is 0 Å². The third kappa shape index (κ3) is 3.44. The van der Waals surface area contributed by atoms with Gasteiger partial charge in [0.1, 0.15) is 11.3 Å². The van der Waals surface area contributed by atoms with Crippen LogP contribution in [-0.4, -0.2) is 18.1 Å². The summed E-state index contributed by atoms with van der Waals surface area (Å²) in [7, 11) is 0. The molecule has 0 aliphatic heterocycles. The Morgan fingerprint density at radius 2 is 1.83 bits per heavy atom. The molecule has 1 aromatic carbocycles. The van der Waals surface area contributed by atoms with E-state index in [4.69, 9.17) is 10.5 Å². The number of ether oxygens (including phenoxy) is 1. The number of para-hydroxylation sites is 1. The summed E-state index contributed by atoms with van der Waals surface area (Å²) in [6.07, 6.45) is 6.35. The minimum atomic E-state index is 0.750. The van der Waals surface area contributed by atoms with E-state index in [-0.39, 0.29) is 0 Å². The Morgan fingerprint density at radius 3 is 2.72 bits per heavy atom. The van der Waals surface area contributed by atoms with E-state index < -0.39 is 0 Å². The smallest absolute Gasteiger partial charge is 0.145 e. The molecular weight excluding hydrogens is 224 g/mol. The van der Waals surface area contributed by atoms with Crippen molar-refractivity contribution in [3.8, 4) is 5.75 Å². The summed E-state index contributed by atoms with van der Waals surface area (Å²) in [5, 5.41) is 1.12. The summed E-state index contributed by atoms with van der Waals surface area (Å²) in [6.45, 7) is 1.54. The van der Waals surface area contributed by atoms with Crippen molar-refractivity contribution in [3.63, 3.8) is 0 Å². The Labute approximate surface area is 108 Å². The molecule has 0 aliphatic carbocycles. The lowest BCUT2D eigenvalue weighted by Crippen LogP contribution is -2.00. The van der Waals surface area contributed by atoms with Gasteiger partial charge in [0.05, 0.1) is 6.61 Å². The average Bonchev–Trinajstić information content (AvgIpc) is 2.43. The second kappa shape index (κ2) is 6.97. The molecule has 2 rings (SSSR count). The molecule has 1 heterocycles. The molecule has 96 valence electrons. The minimum absolute atomic E-state index is 0.750. The number of hydrogen-bond donors (Lipinski definition) is 1. The highest BCUT2D eigenvalue weighted by Crippen LogP contribution is 2.23. The van der Waals surface area contributed by atoms with Crippen molar-refractivity contribution in [1.29, 1.82) is 0 Å². The van der Waals surface area contributed by atoms with Crippen LogP contribution in [0.25, 0.3) is 10.9 Å². The molecule has 2 aromatic rings. The van der Waals surface area contributed by atoms with E-state index in [0.717, 1.165) is 42.6 Å². The Hall–Kier alpha value is -1.61. The predicted molar refractivity (Wildman–Crippen MR) is 74.8 cm³/mol. The van der Waals surface area contributed by atoms with Crippen LogP contribution in [0.1, 0.15) is 25.7 Å². The molecule has 0 aliphatic rings. The van der Waals surface area contributed by atoms with Gasteiger partial charge < -0.3 is 10.5 Å². The molecular formula is C15H20N2O. The first-order valence-electron chi connectivity index (χ1n) is 6.58. The summed E-state index contributed by atoms with van der Waals surface area (Å²) in [5.41, 5.74) is 6.40. The maximum atomic E-state index is 5.81. The van der Waals surface area contributed by atoms with E-state index in [0.29, 0.717) is 0 Å². The number of aromatic nitrogens is 1. The van der Waals surface area contributed by atoms with Crippen LogP contribution >= 0.6 is 0 Å². The van der Waals surface area contributed by atoms with E-state index >= 15 is 0 Å². The van der Waals surface area contributed by atoms with Crippen molar-refractivity contribution in [2.75, 3.05) is 13.2 Å². The zero-order chi connectivity index (χ0) is 12.6. The Morgan fingerprint density at radius 1 is 1.00 bits per heavy atom. The number of nitrogens with two attached hydrogens (primary N) is 1. The van der Waals surface area contributed by atoms with E-state index in [1.807, 2.05) is 18.2 Å². The lowest BCUT2D eigenvalue weighted by molar-refractivity contribution is 0.307. The SMILES string of the molecule is NCCCCCCOc1cccc2cccnc12. The number of nitrogens with zero attached hydrogens (tertiary/aromatic N) is 1. The maximum absolute atomic E-state index is 5.81. The molecule has 0 spiro atoms. The standard InChI is InChI=1S/C15H20N2O/c16-10-3-1-2-4-12-18-14-9-5-7-13-8-6-11-17-15(13)14/h5-9,11H,1-4,10,12,16H2. The van der Waals surface area contributed by atoms with Crippen LogP contribution in [-0.2, 0) is 0 Å². The molecule has 3 heteroatoms. The number of rotatable bonds is 7. The monoisotopic (exact) mass is 244 g/mol. The zero-order valence-electron chi connectivity index (χ0n) is 10.6. The van der Waals surface area contributed by atoms with Gasteiger partial charge in [-0.25, -0.2) is 0 Å². The fourth-order valence-corrected chi connectivity index (χ4v) is 1.97. The van der Waals surface area contributed by atoms with Gasteiger partial charge in [-0.15, -0.1) is 0 Å². The van der Waals surface area contributed by atoms with Crippen molar-refractivity contribution in [3.05, 3.63) is 36.5 Å². The number of unbranched alkanes of at least 4 members (excludes halogenated alkanes) is 3. The lowest BCUT2D eigenvalue weighted by atomic mass is 10.2. The Bertz CT molecular complexity index is 479. The van der Waals surface area contributed by atoms with E-state index in [1.165, 1.54) is 12.8 Å². The summed E-state index contributed by atoms with van der Waals surface area (Å²) in [4.78, 5) is 4.37. The van der Waals surface area contributed by atoms with Gasteiger partial charge in [-0.3, -0.25) is 4.98 Å². The molecule has 0 bridgehead atoms.